The molecule has 0 bridgehead atoms. The first-order chi connectivity index (χ1) is 7.95. The number of aryl methyl sites for hydroxylation is 1. The summed E-state index contributed by atoms with van der Waals surface area (Å²) >= 11 is 0. The number of carbonyl (C=O) groups is 1. The third-order valence-electron chi connectivity index (χ3n) is 2.72. The lowest BCUT2D eigenvalue weighted by molar-refractivity contribution is -0.119. The van der Waals surface area contributed by atoms with E-state index in [2.05, 4.69) is 5.10 Å². The number of rotatable bonds is 6. The van der Waals surface area contributed by atoms with Crippen LogP contribution in [0.15, 0.2) is 12.4 Å². The van der Waals surface area contributed by atoms with Crippen LogP contribution in [0.5, 0.6) is 0 Å². The van der Waals surface area contributed by atoms with Gasteiger partial charge in [-0.15, -0.1) is 0 Å². The third kappa shape index (κ3) is 3.54. The van der Waals surface area contributed by atoms with E-state index < -0.39 is 0 Å². The van der Waals surface area contributed by atoms with Gasteiger partial charge in [0.15, 0.2) is 0 Å². The van der Waals surface area contributed by atoms with Gasteiger partial charge in [0.05, 0.1) is 18.8 Å². The second-order valence-electron chi connectivity index (χ2n) is 4.28. The summed E-state index contributed by atoms with van der Waals surface area (Å²) in [6.07, 6.45) is 3.69. The summed E-state index contributed by atoms with van der Waals surface area (Å²) < 4.78 is 1.73. The van der Waals surface area contributed by atoms with Crippen LogP contribution in [0.4, 0.5) is 0 Å². The molecule has 6 heteroatoms. The number of amides is 1. The molecule has 17 heavy (non-hydrogen) atoms. The van der Waals surface area contributed by atoms with Gasteiger partial charge in [0.25, 0.3) is 0 Å². The van der Waals surface area contributed by atoms with E-state index in [-0.39, 0.29) is 24.5 Å². The van der Waals surface area contributed by atoms with Gasteiger partial charge in [-0.3, -0.25) is 14.4 Å². The van der Waals surface area contributed by atoms with Crippen LogP contribution < -0.4 is 11.5 Å². The van der Waals surface area contributed by atoms with Crippen LogP contribution in [0, 0.1) is 0 Å². The molecule has 1 aromatic heterocycles. The summed E-state index contributed by atoms with van der Waals surface area (Å²) in [5.74, 6) is -0.346. The van der Waals surface area contributed by atoms with Crippen LogP contribution in [0.1, 0.15) is 25.5 Å². The lowest BCUT2D eigenvalue weighted by atomic mass is 10.0. The van der Waals surface area contributed by atoms with Gasteiger partial charge in [-0.25, -0.2) is 0 Å². The SMILES string of the molecule is CCN(CC(N)=O)C(c1cnn(C)c1)C(C)N. The molecular weight excluding hydrogens is 218 g/mol. The van der Waals surface area contributed by atoms with Crippen molar-refractivity contribution >= 4 is 5.91 Å². The molecule has 2 atom stereocenters. The van der Waals surface area contributed by atoms with Gasteiger partial charge in [0.2, 0.25) is 5.91 Å². The zero-order valence-corrected chi connectivity index (χ0v) is 10.6. The summed E-state index contributed by atoms with van der Waals surface area (Å²) in [6.45, 7) is 4.82. The van der Waals surface area contributed by atoms with E-state index in [1.165, 1.54) is 0 Å². The highest BCUT2D eigenvalue weighted by Crippen LogP contribution is 2.22. The molecule has 96 valence electrons. The maximum absolute atomic E-state index is 11.1. The van der Waals surface area contributed by atoms with Crippen molar-refractivity contribution in [2.24, 2.45) is 18.5 Å². The largest absolute Gasteiger partial charge is 0.369 e. The normalized spacial score (nSPS) is 14.9. The Kier molecular flexibility index (Phi) is 4.65. The molecule has 0 spiro atoms. The number of hydrogen-bond acceptors (Lipinski definition) is 4. The molecule has 0 radical (unpaired) electrons. The van der Waals surface area contributed by atoms with Gasteiger partial charge in [-0.2, -0.15) is 5.10 Å². The Labute approximate surface area is 102 Å². The fraction of sp³-hybridized carbons (Fsp3) is 0.636. The zero-order valence-electron chi connectivity index (χ0n) is 10.6. The minimum Gasteiger partial charge on any atom is -0.369 e. The molecule has 1 aromatic rings. The maximum atomic E-state index is 11.1. The van der Waals surface area contributed by atoms with E-state index >= 15 is 0 Å². The Balaban J connectivity index is 2.94. The van der Waals surface area contributed by atoms with E-state index in [4.69, 9.17) is 11.5 Å². The average Bonchev–Trinajstić information content (AvgIpc) is 2.62. The first kappa shape index (κ1) is 13.7. The van der Waals surface area contributed by atoms with E-state index in [1.807, 2.05) is 32.0 Å². The molecule has 0 aromatic carbocycles. The Bertz CT molecular complexity index is 374. The molecule has 0 aliphatic heterocycles. The number of nitrogens with zero attached hydrogens (tertiary/aromatic N) is 3. The molecule has 0 saturated heterocycles. The molecule has 0 saturated carbocycles. The van der Waals surface area contributed by atoms with Crippen LogP contribution in [0.25, 0.3) is 0 Å². The van der Waals surface area contributed by atoms with Gasteiger partial charge in [-0.1, -0.05) is 6.92 Å². The van der Waals surface area contributed by atoms with Gasteiger partial charge >= 0.3 is 0 Å². The monoisotopic (exact) mass is 239 g/mol. The van der Waals surface area contributed by atoms with Crippen LogP contribution in [-0.4, -0.2) is 39.7 Å². The number of aromatic nitrogens is 2. The number of primary amides is 1. The fourth-order valence-corrected chi connectivity index (χ4v) is 2.05. The Morgan fingerprint density at radius 1 is 1.65 bits per heavy atom. The summed E-state index contributed by atoms with van der Waals surface area (Å²) in [6, 6.07) is -0.139. The van der Waals surface area contributed by atoms with Crippen LogP contribution in [0.3, 0.4) is 0 Å². The second-order valence-corrected chi connectivity index (χ2v) is 4.28. The second kappa shape index (κ2) is 5.79. The fourth-order valence-electron chi connectivity index (χ4n) is 2.05. The summed E-state index contributed by atoms with van der Waals surface area (Å²) in [5.41, 5.74) is 12.3. The van der Waals surface area contributed by atoms with Crippen molar-refractivity contribution < 1.29 is 4.79 Å². The average molecular weight is 239 g/mol. The molecule has 1 amide bonds. The topological polar surface area (TPSA) is 90.2 Å². The first-order valence-corrected chi connectivity index (χ1v) is 5.72. The van der Waals surface area contributed by atoms with Crippen molar-refractivity contribution in [2.75, 3.05) is 13.1 Å². The minimum absolute atomic E-state index is 0.0406. The Hall–Kier alpha value is -1.40. The minimum atomic E-state index is -0.346. The summed E-state index contributed by atoms with van der Waals surface area (Å²) in [7, 11) is 1.85. The van der Waals surface area contributed by atoms with E-state index in [0.29, 0.717) is 6.54 Å². The van der Waals surface area contributed by atoms with Gasteiger partial charge in [-0.05, 0) is 13.5 Å². The van der Waals surface area contributed by atoms with E-state index in [0.717, 1.165) is 5.56 Å². The highest BCUT2D eigenvalue weighted by atomic mass is 16.1. The van der Waals surface area contributed by atoms with Crippen molar-refractivity contribution in [3.63, 3.8) is 0 Å². The standard InChI is InChI=1S/C11H21N5O/c1-4-16(7-10(13)17)11(8(2)12)9-5-14-15(3)6-9/h5-6,8,11H,4,7,12H2,1-3H3,(H2,13,17). The van der Waals surface area contributed by atoms with Crippen molar-refractivity contribution in [3.05, 3.63) is 18.0 Å². The predicted octanol–water partition coefficient (Wildman–Crippen LogP) is -0.384. The summed E-state index contributed by atoms with van der Waals surface area (Å²) in [4.78, 5) is 13.0. The van der Waals surface area contributed by atoms with E-state index in [9.17, 15) is 4.79 Å². The number of hydrogen-bond donors (Lipinski definition) is 2. The molecular formula is C11H21N5O. The number of likely N-dealkylation sites (N-methyl/N-ethyl adjacent to an activating group) is 1. The summed E-state index contributed by atoms with van der Waals surface area (Å²) in [5, 5.41) is 4.13. The van der Waals surface area contributed by atoms with Crippen molar-refractivity contribution in [2.45, 2.75) is 25.9 Å². The van der Waals surface area contributed by atoms with Gasteiger partial charge in [0, 0.05) is 24.8 Å². The molecule has 0 aliphatic rings. The van der Waals surface area contributed by atoms with Crippen LogP contribution in [-0.2, 0) is 11.8 Å². The van der Waals surface area contributed by atoms with Crippen molar-refractivity contribution in [1.82, 2.24) is 14.7 Å². The maximum Gasteiger partial charge on any atom is 0.231 e. The van der Waals surface area contributed by atoms with Crippen LogP contribution >= 0.6 is 0 Å². The third-order valence-corrected chi connectivity index (χ3v) is 2.72. The Morgan fingerprint density at radius 3 is 2.65 bits per heavy atom. The molecule has 4 N–H and O–H groups in total. The van der Waals surface area contributed by atoms with Crippen molar-refractivity contribution in [3.8, 4) is 0 Å². The molecule has 1 heterocycles. The molecule has 6 nitrogen and oxygen atoms in total. The Morgan fingerprint density at radius 2 is 2.29 bits per heavy atom. The molecule has 0 fully saturated rings. The lowest BCUT2D eigenvalue weighted by Gasteiger charge is -2.31. The van der Waals surface area contributed by atoms with Gasteiger partial charge < -0.3 is 11.5 Å². The first-order valence-electron chi connectivity index (χ1n) is 5.72. The van der Waals surface area contributed by atoms with Crippen LogP contribution in [0.2, 0.25) is 0 Å². The highest BCUT2D eigenvalue weighted by Gasteiger charge is 2.25. The molecule has 0 aliphatic carbocycles. The van der Waals surface area contributed by atoms with Gasteiger partial charge in [0.1, 0.15) is 0 Å². The molecule has 2 unspecified atom stereocenters. The zero-order chi connectivity index (χ0) is 13.0. The number of nitrogens with two attached hydrogens (primary N) is 2. The van der Waals surface area contributed by atoms with E-state index in [1.54, 1.807) is 10.9 Å². The quantitative estimate of drug-likeness (QED) is 0.707. The predicted molar refractivity (Wildman–Crippen MR) is 66.0 cm³/mol. The highest BCUT2D eigenvalue weighted by molar-refractivity contribution is 5.76. The smallest absolute Gasteiger partial charge is 0.231 e. The number of carbonyl (C=O) groups excluding carboxylic acids is 1. The van der Waals surface area contributed by atoms with Crippen molar-refractivity contribution in [1.29, 1.82) is 0 Å². The lowest BCUT2D eigenvalue weighted by Crippen LogP contribution is -2.43. The molecule has 1 rings (SSSR count).